The standard InChI is InChI=1S/C23H27NO6/c1-3-22(25)24-13-19(29-14-16-7-5-4-6-8-16)12-18(24)15-30-20-10-9-17(23(26)27)11-21(20)28-2/h4-11,18-19H,3,12-15H2,1-2H3,(H,26,27)/t18-,19?/m0/s1. The number of hydrogen-bond donors (Lipinski definition) is 1. The second-order valence-electron chi connectivity index (χ2n) is 7.19. The molecule has 1 aliphatic heterocycles. The largest absolute Gasteiger partial charge is 0.493 e. The number of nitrogens with zero attached hydrogens (tertiary/aromatic N) is 1. The van der Waals surface area contributed by atoms with Crippen LogP contribution in [0.5, 0.6) is 11.5 Å². The summed E-state index contributed by atoms with van der Waals surface area (Å²) in [5, 5.41) is 9.13. The minimum absolute atomic E-state index is 0.0580. The Bertz CT molecular complexity index is 869. The van der Waals surface area contributed by atoms with E-state index in [1.54, 1.807) is 6.07 Å². The quantitative estimate of drug-likeness (QED) is 0.678. The zero-order valence-corrected chi connectivity index (χ0v) is 17.2. The molecule has 7 heteroatoms. The molecule has 1 heterocycles. The van der Waals surface area contributed by atoms with Crippen LogP contribution < -0.4 is 9.47 Å². The van der Waals surface area contributed by atoms with Crippen molar-refractivity contribution in [3.8, 4) is 11.5 Å². The molecule has 1 fully saturated rings. The average Bonchev–Trinajstić information content (AvgIpc) is 3.19. The monoisotopic (exact) mass is 413 g/mol. The van der Waals surface area contributed by atoms with E-state index in [-0.39, 0.29) is 30.2 Å². The molecule has 0 saturated carbocycles. The number of carbonyl (C=O) groups is 2. The number of hydrogen-bond acceptors (Lipinski definition) is 5. The lowest BCUT2D eigenvalue weighted by Crippen LogP contribution is -2.38. The topological polar surface area (TPSA) is 85.3 Å². The van der Waals surface area contributed by atoms with Gasteiger partial charge in [0.25, 0.3) is 0 Å². The van der Waals surface area contributed by atoms with Crippen molar-refractivity contribution in [2.75, 3.05) is 20.3 Å². The van der Waals surface area contributed by atoms with Gasteiger partial charge in [-0.05, 0) is 30.2 Å². The number of aromatic carboxylic acids is 1. The highest BCUT2D eigenvalue weighted by Gasteiger charge is 2.35. The molecule has 1 amide bonds. The van der Waals surface area contributed by atoms with Crippen LogP contribution in [0, 0.1) is 0 Å². The second kappa shape index (κ2) is 10.1. The summed E-state index contributed by atoms with van der Waals surface area (Å²) in [5.41, 5.74) is 1.21. The highest BCUT2D eigenvalue weighted by Crippen LogP contribution is 2.30. The summed E-state index contributed by atoms with van der Waals surface area (Å²) in [6.45, 7) is 3.14. The van der Waals surface area contributed by atoms with Crippen LogP contribution in [0.15, 0.2) is 48.5 Å². The molecule has 1 saturated heterocycles. The van der Waals surface area contributed by atoms with Gasteiger partial charge >= 0.3 is 5.97 Å². The van der Waals surface area contributed by atoms with Gasteiger partial charge in [0, 0.05) is 13.0 Å². The molecule has 2 aromatic carbocycles. The first-order valence-corrected chi connectivity index (χ1v) is 10.0. The molecule has 3 rings (SSSR count). The second-order valence-corrected chi connectivity index (χ2v) is 7.19. The lowest BCUT2D eigenvalue weighted by molar-refractivity contribution is -0.132. The lowest BCUT2D eigenvalue weighted by atomic mass is 10.2. The van der Waals surface area contributed by atoms with Crippen LogP contribution in [0.1, 0.15) is 35.7 Å². The third-order valence-corrected chi connectivity index (χ3v) is 5.17. The maximum atomic E-state index is 12.4. The number of ether oxygens (including phenoxy) is 3. The van der Waals surface area contributed by atoms with Crippen molar-refractivity contribution in [1.82, 2.24) is 4.90 Å². The van der Waals surface area contributed by atoms with Crippen molar-refractivity contribution in [2.45, 2.75) is 38.5 Å². The fourth-order valence-electron chi connectivity index (χ4n) is 3.56. The number of benzene rings is 2. The Hall–Kier alpha value is -3.06. The Labute approximate surface area is 176 Å². The van der Waals surface area contributed by atoms with Gasteiger partial charge in [-0.3, -0.25) is 4.79 Å². The first kappa shape index (κ1) is 21.6. The zero-order chi connectivity index (χ0) is 21.5. The van der Waals surface area contributed by atoms with E-state index in [1.807, 2.05) is 42.2 Å². The number of carbonyl (C=O) groups excluding carboxylic acids is 1. The van der Waals surface area contributed by atoms with Gasteiger partial charge in [-0.15, -0.1) is 0 Å². The summed E-state index contributed by atoms with van der Waals surface area (Å²) in [7, 11) is 1.46. The van der Waals surface area contributed by atoms with E-state index in [0.717, 1.165) is 5.56 Å². The fraction of sp³-hybridized carbons (Fsp3) is 0.391. The molecule has 2 atom stereocenters. The molecular formula is C23H27NO6. The van der Waals surface area contributed by atoms with Gasteiger partial charge in [0.05, 0.1) is 31.4 Å². The molecule has 1 unspecified atom stereocenters. The predicted molar refractivity (Wildman–Crippen MR) is 111 cm³/mol. The van der Waals surface area contributed by atoms with Crippen LogP contribution >= 0.6 is 0 Å². The Morgan fingerprint density at radius 3 is 2.57 bits per heavy atom. The minimum Gasteiger partial charge on any atom is -0.493 e. The number of likely N-dealkylation sites (tertiary alicyclic amines) is 1. The number of methoxy groups -OCH3 is 1. The Balaban J connectivity index is 1.64. The fourth-order valence-corrected chi connectivity index (χ4v) is 3.56. The molecule has 1 N–H and O–H groups in total. The van der Waals surface area contributed by atoms with Gasteiger partial charge in [-0.25, -0.2) is 4.79 Å². The average molecular weight is 413 g/mol. The van der Waals surface area contributed by atoms with Crippen LogP contribution in [0.3, 0.4) is 0 Å². The number of amides is 1. The maximum Gasteiger partial charge on any atom is 0.335 e. The smallest absolute Gasteiger partial charge is 0.335 e. The third kappa shape index (κ3) is 5.30. The third-order valence-electron chi connectivity index (χ3n) is 5.17. The van der Waals surface area contributed by atoms with Gasteiger partial charge in [-0.2, -0.15) is 0 Å². The van der Waals surface area contributed by atoms with Gasteiger partial charge < -0.3 is 24.2 Å². The van der Waals surface area contributed by atoms with E-state index >= 15 is 0 Å². The van der Waals surface area contributed by atoms with E-state index in [1.165, 1.54) is 19.2 Å². The summed E-state index contributed by atoms with van der Waals surface area (Å²) in [5.74, 6) is -0.186. The molecule has 160 valence electrons. The van der Waals surface area contributed by atoms with Gasteiger partial charge in [-0.1, -0.05) is 37.3 Å². The first-order valence-electron chi connectivity index (χ1n) is 10.0. The molecule has 0 radical (unpaired) electrons. The Morgan fingerprint density at radius 1 is 1.13 bits per heavy atom. The Morgan fingerprint density at radius 2 is 1.90 bits per heavy atom. The van der Waals surface area contributed by atoms with Gasteiger partial charge in [0.2, 0.25) is 5.91 Å². The van der Waals surface area contributed by atoms with Crippen molar-refractivity contribution in [3.63, 3.8) is 0 Å². The van der Waals surface area contributed by atoms with Crippen molar-refractivity contribution in [1.29, 1.82) is 0 Å². The normalized spacial score (nSPS) is 18.3. The summed E-state index contributed by atoms with van der Waals surface area (Å²) in [6.07, 6.45) is 1.03. The van der Waals surface area contributed by atoms with Crippen LogP contribution in [0.4, 0.5) is 0 Å². The molecule has 0 bridgehead atoms. The van der Waals surface area contributed by atoms with Gasteiger partial charge in [0.15, 0.2) is 11.5 Å². The van der Waals surface area contributed by atoms with E-state index in [2.05, 4.69) is 0 Å². The molecule has 0 spiro atoms. The van der Waals surface area contributed by atoms with Crippen LogP contribution in [0.2, 0.25) is 0 Å². The highest BCUT2D eigenvalue weighted by atomic mass is 16.5. The molecule has 0 aromatic heterocycles. The lowest BCUT2D eigenvalue weighted by Gasteiger charge is -2.24. The minimum atomic E-state index is -1.03. The van der Waals surface area contributed by atoms with Crippen molar-refractivity contribution >= 4 is 11.9 Å². The van der Waals surface area contributed by atoms with E-state index < -0.39 is 5.97 Å². The van der Waals surface area contributed by atoms with Crippen LogP contribution in [-0.2, 0) is 16.1 Å². The highest BCUT2D eigenvalue weighted by molar-refractivity contribution is 5.88. The summed E-state index contributed by atoms with van der Waals surface area (Å²) in [4.78, 5) is 25.4. The maximum absolute atomic E-state index is 12.4. The van der Waals surface area contributed by atoms with Crippen molar-refractivity contribution in [3.05, 3.63) is 59.7 Å². The molecule has 1 aliphatic rings. The molecular weight excluding hydrogens is 386 g/mol. The van der Waals surface area contributed by atoms with E-state index in [9.17, 15) is 9.59 Å². The van der Waals surface area contributed by atoms with Crippen molar-refractivity contribution < 1.29 is 28.9 Å². The molecule has 30 heavy (non-hydrogen) atoms. The predicted octanol–water partition coefficient (Wildman–Crippen LogP) is 3.37. The summed E-state index contributed by atoms with van der Waals surface area (Å²) >= 11 is 0. The van der Waals surface area contributed by atoms with E-state index in [0.29, 0.717) is 37.5 Å². The van der Waals surface area contributed by atoms with Gasteiger partial charge in [0.1, 0.15) is 6.61 Å². The van der Waals surface area contributed by atoms with E-state index in [4.69, 9.17) is 19.3 Å². The zero-order valence-electron chi connectivity index (χ0n) is 17.2. The number of carboxylic acid groups (broad SMARTS) is 1. The van der Waals surface area contributed by atoms with Crippen molar-refractivity contribution in [2.24, 2.45) is 0 Å². The van der Waals surface area contributed by atoms with Crippen LogP contribution in [0.25, 0.3) is 0 Å². The molecule has 7 nitrogen and oxygen atoms in total. The molecule has 0 aliphatic carbocycles. The van der Waals surface area contributed by atoms with Crippen LogP contribution in [-0.4, -0.2) is 54.3 Å². The summed E-state index contributed by atoms with van der Waals surface area (Å²) < 4.78 is 17.2. The SMILES string of the molecule is CCC(=O)N1CC(OCc2ccccc2)C[C@H]1COc1ccc(C(=O)O)cc1OC. The molecule has 2 aromatic rings. The number of rotatable bonds is 9. The number of carboxylic acids is 1. The summed E-state index contributed by atoms with van der Waals surface area (Å²) in [6, 6.07) is 14.3. The first-order chi connectivity index (χ1) is 14.5. The Kier molecular flexibility index (Phi) is 7.30.